The zero-order valence-corrected chi connectivity index (χ0v) is 29.7. The van der Waals surface area contributed by atoms with E-state index >= 15 is 8.78 Å². The Labute approximate surface area is 282 Å². The van der Waals surface area contributed by atoms with E-state index in [-0.39, 0.29) is 52.5 Å². The van der Waals surface area contributed by atoms with Gasteiger partial charge in [0, 0.05) is 12.3 Å². The smallest absolute Gasteiger partial charge is 0.310 e. The van der Waals surface area contributed by atoms with Crippen molar-refractivity contribution in [3.63, 3.8) is 0 Å². The lowest BCUT2D eigenvalue weighted by Gasteiger charge is -2.63. The van der Waals surface area contributed by atoms with Crippen molar-refractivity contribution in [1.82, 2.24) is 0 Å². The van der Waals surface area contributed by atoms with Gasteiger partial charge in [-0.05, 0) is 105 Å². The molecule has 7 rings (SSSR count). The second-order valence-electron chi connectivity index (χ2n) is 18.2. The third-order valence-electron chi connectivity index (χ3n) is 15.3. The number of ether oxygens (including phenoxy) is 4. The molecular formula is C37H56F2O9. The molecule has 5 fully saturated rings. The van der Waals surface area contributed by atoms with E-state index in [1.165, 1.54) is 20.8 Å². The van der Waals surface area contributed by atoms with Crippen LogP contribution in [0, 0.1) is 44.8 Å². The van der Waals surface area contributed by atoms with Crippen LogP contribution in [0.4, 0.5) is 8.78 Å². The van der Waals surface area contributed by atoms with Crippen molar-refractivity contribution in [3.05, 3.63) is 11.3 Å². The number of rotatable bonds is 5. The van der Waals surface area contributed by atoms with E-state index in [1.807, 2.05) is 20.8 Å². The first-order valence-electron chi connectivity index (χ1n) is 18.1. The summed E-state index contributed by atoms with van der Waals surface area (Å²) >= 11 is 0. The Morgan fingerprint density at radius 1 is 0.979 bits per heavy atom. The van der Waals surface area contributed by atoms with Crippen LogP contribution in [0.2, 0.25) is 0 Å². The number of carbonyl (C=O) groups excluding carboxylic acids is 1. The van der Waals surface area contributed by atoms with Crippen molar-refractivity contribution in [1.29, 1.82) is 0 Å². The third-order valence-corrected chi connectivity index (χ3v) is 15.3. The van der Waals surface area contributed by atoms with Crippen LogP contribution in [-0.2, 0) is 23.7 Å². The van der Waals surface area contributed by atoms with Gasteiger partial charge in [-0.3, -0.25) is 4.79 Å². The molecule has 14 atom stereocenters. The zero-order chi connectivity index (χ0) is 35.2. The van der Waals surface area contributed by atoms with Crippen LogP contribution < -0.4 is 0 Å². The van der Waals surface area contributed by atoms with Crippen molar-refractivity contribution in [2.45, 2.75) is 161 Å². The highest BCUT2D eigenvalue weighted by atomic mass is 19.3. The van der Waals surface area contributed by atoms with E-state index in [2.05, 4.69) is 13.8 Å². The number of alkyl halides is 2. The molecule has 0 aromatic heterocycles. The molecule has 5 aliphatic carbocycles. The van der Waals surface area contributed by atoms with E-state index in [4.69, 9.17) is 18.9 Å². The number of fused-ring (bicyclic) bond motifs is 3. The first kappa shape index (κ1) is 35.1. The molecule has 272 valence electrons. The van der Waals surface area contributed by atoms with Crippen molar-refractivity contribution in [2.75, 3.05) is 6.61 Å². The van der Waals surface area contributed by atoms with Crippen LogP contribution in [-0.4, -0.2) is 87.4 Å². The molecule has 11 heteroatoms. The van der Waals surface area contributed by atoms with Gasteiger partial charge < -0.3 is 39.4 Å². The topological polar surface area (TPSA) is 135 Å². The molecule has 2 heterocycles. The van der Waals surface area contributed by atoms with Crippen LogP contribution >= 0.6 is 0 Å². The maximum atomic E-state index is 17.5. The lowest BCUT2D eigenvalue weighted by Crippen LogP contribution is -2.62. The highest BCUT2D eigenvalue weighted by Gasteiger charge is 2.87. The highest BCUT2D eigenvalue weighted by molar-refractivity contribution is 5.66. The maximum Gasteiger partial charge on any atom is 0.310 e. The van der Waals surface area contributed by atoms with E-state index in [0.29, 0.717) is 31.3 Å². The van der Waals surface area contributed by atoms with Gasteiger partial charge >= 0.3 is 11.9 Å². The van der Waals surface area contributed by atoms with Gasteiger partial charge in [0.25, 0.3) is 0 Å². The monoisotopic (exact) mass is 682 g/mol. The van der Waals surface area contributed by atoms with Gasteiger partial charge in [0.15, 0.2) is 18.2 Å². The summed E-state index contributed by atoms with van der Waals surface area (Å²) in [4.78, 5) is 12.0. The van der Waals surface area contributed by atoms with E-state index < -0.39 is 65.1 Å². The van der Waals surface area contributed by atoms with Crippen molar-refractivity contribution in [3.8, 4) is 0 Å². The number of allylic oxidation sites excluding steroid dienone is 2. The summed E-state index contributed by atoms with van der Waals surface area (Å²) in [5.41, 5.74) is -3.57. The second-order valence-corrected chi connectivity index (χ2v) is 18.2. The first-order chi connectivity index (χ1) is 22.1. The lowest BCUT2D eigenvalue weighted by atomic mass is 9.41. The van der Waals surface area contributed by atoms with Gasteiger partial charge in [0.1, 0.15) is 24.4 Å². The van der Waals surface area contributed by atoms with Gasteiger partial charge in [-0.15, -0.1) is 0 Å². The molecule has 0 aromatic rings. The summed E-state index contributed by atoms with van der Waals surface area (Å²) in [7, 11) is 0. The van der Waals surface area contributed by atoms with Gasteiger partial charge in [-0.2, -0.15) is 8.78 Å². The maximum absolute atomic E-state index is 17.5. The summed E-state index contributed by atoms with van der Waals surface area (Å²) in [6, 6.07) is 0. The Morgan fingerprint density at radius 2 is 1.62 bits per heavy atom. The number of halogens is 2. The van der Waals surface area contributed by atoms with E-state index in [1.54, 1.807) is 0 Å². The largest absolute Gasteiger partial charge is 0.484 e. The SMILES string of the molecule is CC(=O)O[C@@H]([C@H]1C[C@@H](C)C2=C(O1)C(F)(F)[C@@]1(C)[C@@H]3CC[C@H]4C(C)(C)[C@@H](O[C@@H]5OC[C@@H](O)[C@H](O)[C@H]5O)CC[C@@]45C[C@@]35CC[C@]21C)C(C)(C)O. The molecule has 7 aliphatic rings. The van der Waals surface area contributed by atoms with Crippen LogP contribution in [0.15, 0.2) is 11.3 Å². The Balaban J connectivity index is 1.18. The molecule has 0 bridgehead atoms. The Kier molecular flexibility index (Phi) is 7.73. The molecular weight excluding hydrogens is 626 g/mol. The first-order valence-corrected chi connectivity index (χ1v) is 18.1. The minimum absolute atomic E-state index is 0.0825. The fourth-order valence-corrected chi connectivity index (χ4v) is 12.9. The average Bonchev–Trinajstić information content (AvgIpc) is 3.62. The number of aliphatic hydroxyl groups excluding tert-OH is 3. The summed E-state index contributed by atoms with van der Waals surface area (Å²) < 4.78 is 58.8. The molecule has 2 aliphatic heterocycles. The standard InChI is InChI=1S/C37H56F2O9/c1-18-15-21(28(32(5,6)44)46-19(2)40)47-29-25(18)33(7)13-14-36-17-35(36)12-11-24(48-30-27(43)26(42)20(41)16-45-30)31(3,4)22(35)9-10-23(36)34(33,8)37(29,38)39/h18,20-24,26-28,30,41-44H,9-17H2,1-8H3/t18-,20-,21-,22+,23+,24+,26+,27-,28+,30+,33-,34+,35-,36+/m1/s1. The van der Waals surface area contributed by atoms with Crippen molar-refractivity contribution < 1.29 is 52.9 Å². The molecule has 4 N–H and O–H groups in total. The molecule has 0 radical (unpaired) electrons. The van der Waals surface area contributed by atoms with Crippen molar-refractivity contribution >= 4 is 5.97 Å². The predicted molar refractivity (Wildman–Crippen MR) is 169 cm³/mol. The van der Waals surface area contributed by atoms with Gasteiger partial charge in [-0.25, -0.2) is 0 Å². The third kappa shape index (κ3) is 4.30. The average molecular weight is 683 g/mol. The second kappa shape index (κ2) is 10.6. The zero-order valence-electron chi connectivity index (χ0n) is 29.7. The fourth-order valence-electron chi connectivity index (χ4n) is 12.9. The Hall–Kier alpha value is -1.37. The minimum Gasteiger partial charge on any atom is -0.484 e. The summed E-state index contributed by atoms with van der Waals surface area (Å²) in [6.07, 6.45) is -1.40. The molecule has 9 nitrogen and oxygen atoms in total. The normalized spacial score (nSPS) is 50.9. The molecule has 0 amide bonds. The number of esters is 1. The number of hydrogen-bond donors (Lipinski definition) is 4. The van der Waals surface area contributed by atoms with Gasteiger partial charge in [0.05, 0.1) is 23.7 Å². The highest BCUT2D eigenvalue weighted by Crippen LogP contribution is 2.90. The molecule has 0 unspecified atom stereocenters. The minimum atomic E-state index is -3.26. The van der Waals surface area contributed by atoms with E-state index in [9.17, 15) is 25.2 Å². The van der Waals surface area contributed by atoms with Crippen LogP contribution in [0.25, 0.3) is 0 Å². The van der Waals surface area contributed by atoms with Crippen LogP contribution in [0.5, 0.6) is 0 Å². The Morgan fingerprint density at radius 3 is 2.27 bits per heavy atom. The molecule has 0 aromatic carbocycles. The predicted octanol–water partition coefficient (Wildman–Crippen LogP) is 4.87. The number of carbonyl (C=O) groups is 1. The van der Waals surface area contributed by atoms with Crippen LogP contribution in [0.3, 0.4) is 0 Å². The summed E-state index contributed by atoms with van der Waals surface area (Å²) in [6.45, 7) is 14.4. The van der Waals surface area contributed by atoms with Crippen molar-refractivity contribution in [2.24, 2.45) is 44.8 Å². The van der Waals surface area contributed by atoms with Gasteiger partial charge in [-0.1, -0.05) is 34.6 Å². The quantitative estimate of drug-likeness (QED) is 0.237. The molecule has 2 spiro atoms. The molecule has 1 saturated heterocycles. The van der Waals surface area contributed by atoms with Crippen LogP contribution in [0.1, 0.15) is 107 Å². The lowest BCUT2D eigenvalue weighted by molar-refractivity contribution is -0.303. The summed E-state index contributed by atoms with van der Waals surface area (Å²) in [5, 5.41) is 41.7. The molecule has 48 heavy (non-hydrogen) atoms. The number of aliphatic hydroxyl groups is 4. The summed E-state index contributed by atoms with van der Waals surface area (Å²) in [5.74, 6) is -4.33. The molecule has 4 saturated carbocycles. The van der Waals surface area contributed by atoms with E-state index in [0.717, 1.165) is 25.7 Å². The Bertz CT molecular complexity index is 1380. The van der Waals surface area contributed by atoms with Gasteiger partial charge in [0.2, 0.25) is 0 Å². The number of hydrogen-bond acceptors (Lipinski definition) is 9. The fraction of sp³-hybridized carbons (Fsp3) is 0.919.